The number of benzene rings is 2. The standard InChI is InChI=1S/C27H28BrN3O3/c1-34-27(16-32)11-13-30(14-12-27)18-9-10-21-19(15-18)23(17-5-2-3-6-17)25-29-26(33)24-20(28)7-4-8-22(24)31(21)25/h4,7-10,15-17,23H,2-3,5-6,11-14H2,1H3. The third kappa shape index (κ3) is 3.28. The Hall–Kier alpha value is -2.51. The van der Waals surface area contributed by atoms with Crippen molar-refractivity contribution in [2.75, 3.05) is 25.1 Å². The molecule has 3 aromatic rings. The number of methoxy groups -OCH3 is 1. The average molecular weight is 522 g/mol. The number of nitrogens with zero attached hydrogens (tertiary/aromatic N) is 3. The van der Waals surface area contributed by atoms with Gasteiger partial charge in [0.05, 0.1) is 16.6 Å². The fraction of sp³-hybridized carbons (Fsp3) is 0.444. The molecule has 2 aliphatic heterocycles. The molecule has 6 nitrogen and oxygen atoms in total. The number of aldehydes is 1. The molecule has 3 aliphatic rings. The van der Waals surface area contributed by atoms with Crippen LogP contribution >= 0.6 is 15.9 Å². The van der Waals surface area contributed by atoms with E-state index in [1.54, 1.807) is 7.11 Å². The average Bonchev–Trinajstić information content (AvgIpc) is 3.49. The van der Waals surface area contributed by atoms with E-state index in [9.17, 15) is 9.59 Å². The number of carbonyl (C=O) groups is 1. The molecule has 0 radical (unpaired) electrons. The maximum Gasteiger partial charge on any atom is 0.281 e. The smallest absolute Gasteiger partial charge is 0.281 e. The number of hydrogen-bond donors (Lipinski definition) is 0. The number of aromatic nitrogens is 2. The number of fused-ring (bicyclic) bond motifs is 5. The molecule has 1 aromatic heterocycles. The topological polar surface area (TPSA) is 64.4 Å². The number of halogens is 1. The van der Waals surface area contributed by atoms with E-state index in [0.717, 1.165) is 40.9 Å². The van der Waals surface area contributed by atoms with Gasteiger partial charge >= 0.3 is 0 Å². The van der Waals surface area contributed by atoms with Gasteiger partial charge in [-0.1, -0.05) is 18.9 Å². The maximum absolute atomic E-state index is 13.1. The van der Waals surface area contributed by atoms with Crippen LogP contribution in [-0.4, -0.2) is 41.6 Å². The van der Waals surface area contributed by atoms with E-state index >= 15 is 0 Å². The van der Waals surface area contributed by atoms with E-state index < -0.39 is 5.60 Å². The first kappa shape index (κ1) is 22.0. The van der Waals surface area contributed by atoms with E-state index in [2.05, 4.69) is 48.6 Å². The van der Waals surface area contributed by atoms with Crippen molar-refractivity contribution < 1.29 is 9.53 Å². The molecule has 7 heteroatoms. The summed E-state index contributed by atoms with van der Waals surface area (Å²) in [6, 6.07) is 12.6. The van der Waals surface area contributed by atoms with Gasteiger partial charge in [0.1, 0.15) is 11.4 Å². The van der Waals surface area contributed by atoms with Crippen LogP contribution in [0.15, 0.2) is 45.7 Å². The van der Waals surface area contributed by atoms with Crippen molar-refractivity contribution in [3.8, 4) is 5.69 Å². The molecule has 1 unspecified atom stereocenters. The maximum atomic E-state index is 13.1. The Bertz CT molecular complexity index is 1340. The number of carbonyl (C=O) groups excluding carboxylic acids is 1. The van der Waals surface area contributed by atoms with Crippen molar-refractivity contribution in [3.63, 3.8) is 0 Å². The second-order valence-electron chi connectivity index (χ2n) is 9.88. The van der Waals surface area contributed by atoms with Gasteiger partial charge in [-0.2, -0.15) is 4.98 Å². The molecule has 176 valence electrons. The van der Waals surface area contributed by atoms with Gasteiger partial charge < -0.3 is 14.4 Å². The molecule has 1 saturated carbocycles. The van der Waals surface area contributed by atoms with E-state index in [0.29, 0.717) is 24.1 Å². The fourth-order valence-electron chi connectivity index (χ4n) is 6.31. The van der Waals surface area contributed by atoms with Gasteiger partial charge in [0.2, 0.25) is 0 Å². The van der Waals surface area contributed by atoms with Crippen molar-refractivity contribution in [1.82, 2.24) is 9.55 Å². The lowest BCUT2D eigenvalue weighted by molar-refractivity contribution is -0.129. The van der Waals surface area contributed by atoms with Gasteiger partial charge in [0, 0.05) is 49.1 Å². The SMILES string of the molecule is COC1(C=O)CCN(c2ccc3c(c2)C(C2CCCC2)c2nc(=O)c4c(Br)cccc4n2-3)CC1. The highest BCUT2D eigenvalue weighted by atomic mass is 79.9. The zero-order valence-electron chi connectivity index (χ0n) is 19.3. The molecule has 0 spiro atoms. The quantitative estimate of drug-likeness (QED) is 0.453. The van der Waals surface area contributed by atoms with Gasteiger partial charge in [0.15, 0.2) is 6.29 Å². The molecule has 2 aromatic carbocycles. The molecule has 1 atom stereocenters. The molecular weight excluding hydrogens is 494 g/mol. The molecule has 1 saturated heterocycles. The van der Waals surface area contributed by atoms with Crippen molar-refractivity contribution >= 4 is 38.8 Å². The Morgan fingerprint density at radius 3 is 2.62 bits per heavy atom. The van der Waals surface area contributed by atoms with Gasteiger partial charge in [0.25, 0.3) is 5.56 Å². The molecule has 3 heterocycles. The number of piperidine rings is 1. The zero-order chi connectivity index (χ0) is 23.4. The molecule has 0 bridgehead atoms. The normalized spacial score (nSPS) is 21.6. The minimum Gasteiger partial charge on any atom is -0.371 e. The second kappa shape index (κ2) is 8.31. The van der Waals surface area contributed by atoms with Crippen LogP contribution in [0.3, 0.4) is 0 Å². The number of rotatable bonds is 4. The Balaban J connectivity index is 1.47. The number of ether oxygens (including phenoxy) is 1. The van der Waals surface area contributed by atoms with Crippen LogP contribution in [0.25, 0.3) is 16.6 Å². The summed E-state index contributed by atoms with van der Waals surface area (Å²) in [5.74, 6) is 1.51. The molecular formula is C27H28BrN3O3. The van der Waals surface area contributed by atoms with Crippen LogP contribution in [0.2, 0.25) is 0 Å². The van der Waals surface area contributed by atoms with Crippen LogP contribution in [-0.2, 0) is 9.53 Å². The fourth-order valence-corrected chi connectivity index (χ4v) is 6.83. The lowest BCUT2D eigenvalue weighted by atomic mass is 9.85. The molecule has 34 heavy (non-hydrogen) atoms. The predicted molar refractivity (Wildman–Crippen MR) is 136 cm³/mol. The molecule has 6 rings (SSSR count). The molecule has 0 amide bonds. The van der Waals surface area contributed by atoms with Crippen molar-refractivity contribution in [2.24, 2.45) is 5.92 Å². The van der Waals surface area contributed by atoms with Crippen LogP contribution < -0.4 is 10.5 Å². The van der Waals surface area contributed by atoms with E-state index in [-0.39, 0.29) is 11.5 Å². The van der Waals surface area contributed by atoms with E-state index in [4.69, 9.17) is 4.74 Å². The molecule has 0 N–H and O–H groups in total. The van der Waals surface area contributed by atoms with Gasteiger partial charge in [-0.25, -0.2) is 0 Å². The van der Waals surface area contributed by atoms with E-state index in [1.807, 2.05) is 18.2 Å². The van der Waals surface area contributed by atoms with Crippen LogP contribution in [0.4, 0.5) is 5.69 Å². The Labute approximate surface area is 207 Å². The summed E-state index contributed by atoms with van der Waals surface area (Å²) < 4.78 is 8.53. The largest absolute Gasteiger partial charge is 0.371 e. The summed E-state index contributed by atoms with van der Waals surface area (Å²) in [4.78, 5) is 31.7. The summed E-state index contributed by atoms with van der Waals surface area (Å²) in [5, 5.41) is 0.633. The van der Waals surface area contributed by atoms with Crippen LogP contribution in [0.5, 0.6) is 0 Å². The second-order valence-corrected chi connectivity index (χ2v) is 10.7. The summed E-state index contributed by atoms with van der Waals surface area (Å²) in [6.07, 6.45) is 7.13. The van der Waals surface area contributed by atoms with E-state index in [1.165, 1.54) is 36.9 Å². The third-order valence-electron chi connectivity index (χ3n) is 8.22. The van der Waals surface area contributed by atoms with Crippen molar-refractivity contribution in [3.05, 3.63) is 62.6 Å². The first-order valence-electron chi connectivity index (χ1n) is 12.2. The van der Waals surface area contributed by atoms with Gasteiger partial charge in [-0.3, -0.25) is 9.36 Å². The summed E-state index contributed by atoms with van der Waals surface area (Å²) in [7, 11) is 1.63. The molecule has 1 aliphatic carbocycles. The Morgan fingerprint density at radius 2 is 1.91 bits per heavy atom. The Kier molecular flexibility index (Phi) is 5.37. The highest BCUT2D eigenvalue weighted by molar-refractivity contribution is 9.10. The number of hydrogen-bond acceptors (Lipinski definition) is 5. The first-order valence-corrected chi connectivity index (χ1v) is 13.0. The van der Waals surface area contributed by atoms with Gasteiger partial charge in [-0.15, -0.1) is 0 Å². The summed E-state index contributed by atoms with van der Waals surface area (Å²) in [5.41, 5.74) is 3.65. The predicted octanol–water partition coefficient (Wildman–Crippen LogP) is 4.97. The lowest BCUT2D eigenvalue weighted by Gasteiger charge is -2.38. The minimum atomic E-state index is -0.660. The summed E-state index contributed by atoms with van der Waals surface area (Å²) >= 11 is 3.57. The molecule has 2 fully saturated rings. The zero-order valence-corrected chi connectivity index (χ0v) is 20.9. The highest BCUT2D eigenvalue weighted by Gasteiger charge is 2.39. The van der Waals surface area contributed by atoms with Crippen LogP contribution in [0, 0.1) is 5.92 Å². The van der Waals surface area contributed by atoms with Crippen LogP contribution in [0.1, 0.15) is 55.8 Å². The Morgan fingerprint density at radius 1 is 1.15 bits per heavy atom. The van der Waals surface area contributed by atoms with Crippen molar-refractivity contribution in [1.29, 1.82) is 0 Å². The summed E-state index contributed by atoms with van der Waals surface area (Å²) in [6.45, 7) is 1.55. The monoisotopic (exact) mass is 521 g/mol. The highest BCUT2D eigenvalue weighted by Crippen LogP contribution is 2.49. The first-order chi connectivity index (χ1) is 16.5. The van der Waals surface area contributed by atoms with Crippen molar-refractivity contribution in [2.45, 2.75) is 50.0 Å². The minimum absolute atomic E-state index is 0.131. The third-order valence-corrected chi connectivity index (χ3v) is 8.89. The number of anilines is 1. The lowest BCUT2D eigenvalue weighted by Crippen LogP contribution is -2.46. The van der Waals surface area contributed by atoms with Gasteiger partial charge in [-0.05, 0) is 70.6 Å².